The molecule has 0 bridgehead atoms. The second-order valence-corrected chi connectivity index (χ2v) is 6.06. The molecule has 3 heteroatoms. The maximum Gasteiger partial charge on any atom is 0.123 e. The Morgan fingerprint density at radius 2 is 2.00 bits per heavy atom. The summed E-state index contributed by atoms with van der Waals surface area (Å²) in [6.45, 7) is 7.64. The van der Waals surface area contributed by atoms with Gasteiger partial charge in [-0.05, 0) is 43.5 Å². The van der Waals surface area contributed by atoms with E-state index in [1.165, 1.54) is 5.56 Å². The van der Waals surface area contributed by atoms with Crippen molar-refractivity contribution in [1.29, 1.82) is 0 Å². The highest BCUT2D eigenvalue weighted by Gasteiger charge is 2.18. The number of nitrogens with one attached hydrogen (secondary N) is 1. The van der Waals surface area contributed by atoms with Crippen LogP contribution >= 0.6 is 0 Å². The molecule has 0 fully saturated rings. The Balaban J connectivity index is 2.95. The van der Waals surface area contributed by atoms with Crippen LogP contribution in [0.1, 0.15) is 50.8 Å². The summed E-state index contributed by atoms with van der Waals surface area (Å²) < 4.78 is 5.44. The Morgan fingerprint density at radius 3 is 2.53 bits per heavy atom. The molecule has 0 aromatic heterocycles. The second kappa shape index (κ2) is 6.92. The lowest BCUT2D eigenvalue weighted by atomic mass is 9.85. The van der Waals surface area contributed by atoms with E-state index < -0.39 is 0 Å². The number of benzene rings is 1. The lowest BCUT2D eigenvalue weighted by Gasteiger charge is -2.23. The minimum absolute atomic E-state index is 0.0330. The average Bonchev–Trinajstić information content (AvgIpc) is 2.37. The van der Waals surface area contributed by atoms with Crippen LogP contribution < -0.4 is 15.8 Å². The number of rotatable bonds is 6. The Bertz CT molecular complexity index is 396. The van der Waals surface area contributed by atoms with E-state index in [1.54, 1.807) is 7.11 Å². The zero-order valence-corrected chi connectivity index (χ0v) is 12.9. The lowest BCUT2D eigenvalue weighted by Crippen LogP contribution is -2.17. The van der Waals surface area contributed by atoms with Crippen molar-refractivity contribution in [3.8, 4) is 5.75 Å². The highest BCUT2D eigenvalue weighted by atomic mass is 16.5. The number of ether oxygens (including phenoxy) is 1. The van der Waals surface area contributed by atoms with Gasteiger partial charge in [0, 0.05) is 11.6 Å². The minimum Gasteiger partial charge on any atom is -0.496 e. The fraction of sp³-hybridized carbons (Fsp3) is 0.625. The van der Waals surface area contributed by atoms with Crippen LogP contribution in [0.2, 0.25) is 0 Å². The molecule has 0 heterocycles. The van der Waals surface area contributed by atoms with Crippen LogP contribution in [0.15, 0.2) is 18.2 Å². The van der Waals surface area contributed by atoms with Crippen molar-refractivity contribution in [1.82, 2.24) is 5.32 Å². The van der Waals surface area contributed by atoms with Gasteiger partial charge < -0.3 is 15.8 Å². The summed E-state index contributed by atoms with van der Waals surface area (Å²) in [6.07, 6.45) is 2.03. The van der Waals surface area contributed by atoms with Crippen molar-refractivity contribution >= 4 is 0 Å². The third-order valence-corrected chi connectivity index (χ3v) is 3.44. The molecule has 1 rings (SSSR count). The third kappa shape index (κ3) is 4.51. The molecule has 3 nitrogen and oxygen atoms in total. The van der Waals surface area contributed by atoms with Gasteiger partial charge in [-0.1, -0.05) is 32.9 Å². The normalized spacial score (nSPS) is 13.4. The maximum atomic E-state index is 6.32. The van der Waals surface area contributed by atoms with E-state index in [-0.39, 0.29) is 11.5 Å². The van der Waals surface area contributed by atoms with Gasteiger partial charge in [0.2, 0.25) is 0 Å². The topological polar surface area (TPSA) is 47.3 Å². The molecule has 0 amide bonds. The van der Waals surface area contributed by atoms with Gasteiger partial charge in [-0.2, -0.15) is 0 Å². The Hall–Kier alpha value is -1.06. The number of hydrogen-bond acceptors (Lipinski definition) is 3. The first-order valence-electron chi connectivity index (χ1n) is 6.98. The molecule has 19 heavy (non-hydrogen) atoms. The Kier molecular flexibility index (Phi) is 5.83. The van der Waals surface area contributed by atoms with Crippen LogP contribution in [-0.4, -0.2) is 20.7 Å². The van der Waals surface area contributed by atoms with E-state index in [4.69, 9.17) is 10.5 Å². The fourth-order valence-corrected chi connectivity index (χ4v) is 2.14. The summed E-state index contributed by atoms with van der Waals surface area (Å²) in [7, 11) is 3.67. The quantitative estimate of drug-likeness (QED) is 0.777. The summed E-state index contributed by atoms with van der Waals surface area (Å²) in [4.78, 5) is 0. The van der Waals surface area contributed by atoms with E-state index in [0.717, 1.165) is 30.7 Å². The van der Waals surface area contributed by atoms with Crippen LogP contribution in [0.5, 0.6) is 5.75 Å². The van der Waals surface area contributed by atoms with Gasteiger partial charge in [-0.15, -0.1) is 0 Å². The van der Waals surface area contributed by atoms with E-state index in [9.17, 15) is 0 Å². The van der Waals surface area contributed by atoms with Crippen molar-refractivity contribution in [2.24, 2.45) is 5.73 Å². The molecule has 0 saturated carbocycles. The van der Waals surface area contributed by atoms with E-state index in [2.05, 4.69) is 38.2 Å². The molecule has 0 aliphatic heterocycles. The smallest absolute Gasteiger partial charge is 0.123 e. The standard InChI is InChI=1S/C16H28N2O/c1-16(2,3)12-8-9-15(19-5)13(11-12)14(17)7-6-10-18-4/h8-9,11,14,18H,6-7,10,17H2,1-5H3. The van der Waals surface area contributed by atoms with E-state index >= 15 is 0 Å². The average molecular weight is 264 g/mol. The predicted octanol–water partition coefficient (Wildman–Crippen LogP) is 2.99. The Labute approximate surface area is 117 Å². The zero-order chi connectivity index (χ0) is 14.5. The van der Waals surface area contributed by atoms with Gasteiger partial charge in [0.1, 0.15) is 5.75 Å². The van der Waals surface area contributed by atoms with Crippen molar-refractivity contribution in [3.05, 3.63) is 29.3 Å². The van der Waals surface area contributed by atoms with Crippen LogP contribution in [0.3, 0.4) is 0 Å². The molecule has 0 aliphatic carbocycles. The fourth-order valence-electron chi connectivity index (χ4n) is 2.14. The first-order chi connectivity index (χ1) is 8.90. The van der Waals surface area contributed by atoms with Crippen molar-refractivity contribution in [3.63, 3.8) is 0 Å². The summed E-state index contributed by atoms with van der Waals surface area (Å²) in [6, 6.07) is 6.39. The van der Waals surface area contributed by atoms with Crippen molar-refractivity contribution in [2.75, 3.05) is 20.7 Å². The van der Waals surface area contributed by atoms with Crippen LogP contribution in [-0.2, 0) is 5.41 Å². The SMILES string of the molecule is CNCCCC(N)c1cc(C(C)(C)C)ccc1OC. The highest BCUT2D eigenvalue weighted by Crippen LogP contribution is 2.32. The van der Waals surface area contributed by atoms with Gasteiger partial charge in [0.05, 0.1) is 7.11 Å². The maximum absolute atomic E-state index is 6.32. The summed E-state index contributed by atoms with van der Waals surface area (Å²) in [5.41, 5.74) is 8.86. The van der Waals surface area contributed by atoms with Crippen LogP contribution in [0.4, 0.5) is 0 Å². The molecule has 0 radical (unpaired) electrons. The lowest BCUT2D eigenvalue weighted by molar-refractivity contribution is 0.402. The highest BCUT2D eigenvalue weighted by molar-refractivity contribution is 5.41. The largest absolute Gasteiger partial charge is 0.496 e. The summed E-state index contributed by atoms with van der Waals surface area (Å²) in [5, 5.41) is 3.15. The molecule has 1 aromatic carbocycles. The Morgan fingerprint density at radius 1 is 1.32 bits per heavy atom. The molecule has 1 atom stereocenters. The minimum atomic E-state index is 0.0330. The van der Waals surface area contributed by atoms with Crippen LogP contribution in [0, 0.1) is 0 Å². The van der Waals surface area contributed by atoms with Crippen molar-refractivity contribution < 1.29 is 4.74 Å². The van der Waals surface area contributed by atoms with Crippen molar-refractivity contribution in [2.45, 2.75) is 45.1 Å². The summed E-state index contributed by atoms with van der Waals surface area (Å²) in [5.74, 6) is 0.893. The molecular formula is C16H28N2O. The van der Waals surface area contributed by atoms with E-state index in [0.29, 0.717) is 0 Å². The molecule has 1 aromatic rings. The molecule has 3 N–H and O–H groups in total. The van der Waals surface area contributed by atoms with E-state index in [1.807, 2.05) is 13.1 Å². The third-order valence-electron chi connectivity index (χ3n) is 3.44. The first kappa shape index (κ1) is 16.0. The predicted molar refractivity (Wildman–Crippen MR) is 81.8 cm³/mol. The van der Waals surface area contributed by atoms with Gasteiger partial charge in [-0.3, -0.25) is 0 Å². The molecule has 0 saturated heterocycles. The van der Waals surface area contributed by atoms with Crippen LogP contribution in [0.25, 0.3) is 0 Å². The van der Waals surface area contributed by atoms with Gasteiger partial charge >= 0.3 is 0 Å². The number of nitrogens with two attached hydrogens (primary N) is 1. The molecule has 0 aliphatic rings. The zero-order valence-electron chi connectivity index (χ0n) is 12.9. The van der Waals surface area contributed by atoms with Gasteiger partial charge in [0.15, 0.2) is 0 Å². The summed E-state index contributed by atoms with van der Waals surface area (Å²) >= 11 is 0. The monoisotopic (exact) mass is 264 g/mol. The number of hydrogen-bond donors (Lipinski definition) is 2. The first-order valence-corrected chi connectivity index (χ1v) is 6.98. The second-order valence-electron chi connectivity index (χ2n) is 6.06. The van der Waals surface area contributed by atoms with Gasteiger partial charge in [-0.25, -0.2) is 0 Å². The van der Waals surface area contributed by atoms with Gasteiger partial charge in [0.25, 0.3) is 0 Å². The molecular weight excluding hydrogens is 236 g/mol. The number of methoxy groups -OCH3 is 1. The molecule has 1 unspecified atom stereocenters. The molecule has 0 spiro atoms. The molecule has 108 valence electrons.